The van der Waals surface area contributed by atoms with Crippen molar-refractivity contribution in [2.45, 2.75) is 16.7 Å². The highest BCUT2D eigenvalue weighted by Gasteiger charge is 2.22. The Morgan fingerprint density at radius 1 is 0.800 bits per heavy atom. The minimum atomic E-state index is -4.23. The lowest BCUT2D eigenvalue weighted by Gasteiger charge is -2.14. The van der Waals surface area contributed by atoms with Gasteiger partial charge in [-0.15, -0.1) is 0 Å². The van der Waals surface area contributed by atoms with Crippen LogP contribution in [0.2, 0.25) is 5.02 Å². The number of anilines is 2. The highest BCUT2D eigenvalue weighted by molar-refractivity contribution is 7.93. The summed E-state index contributed by atoms with van der Waals surface area (Å²) in [6, 6.07) is 11.8. The van der Waals surface area contributed by atoms with Crippen LogP contribution in [0.25, 0.3) is 0 Å². The Kier molecular flexibility index (Phi) is 6.02. The Balaban J connectivity index is 1.96. The number of rotatable bonds is 6. The van der Waals surface area contributed by atoms with Crippen LogP contribution in [0.1, 0.15) is 5.56 Å². The van der Waals surface area contributed by atoms with Gasteiger partial charge in [0, 0.05) is 0 Å². The van der Waals surface area contributed by atoms with Crippen molar-refractivity contribution in [3.63, 3.8) is 0 Å². The summed E-state index contributed by atoms with van der Waals surface area (Å²) in [5.74, 6) is -1.47. The van der Waals surface area contributed by atoms with Gasteiger partial charge in [-0.2, -0.15) is 0 Å². The van der Waals surface area contributed by atoms with E-state index in [2.05, 4.69) is 9.44 Å². The molecule has 0 amide bonds. The largest absolute Gasteiger partial charge is 0.280 e. The van der Waals surface area contributed by atoms with Crippen LogP contribution in [0.3, 0.4) is 0 Å². The van der Waals surface area contributed by atoms with Gasteiger partial charge in [0.2, 0.25) is 0 Å². The maximum absolute atomic E-state index is 13.8. The average molecular weight is 473 g/mol. The molecule has 0 spiro atoms. The first-order valence-corrected chi connectivity index (χ1v) is 11.7. The van der Waals surface area contributed by atoms with E-state index in [-0.39, 0.29) is 26.2 Å². The van der Waals surface area contributed by atoms with Gasteiger partial charge >= 0.3 is 0 Å². The van der Waals surface area contributed by atoms with Gasteiger partial charge < -0.3 is 0 Å². The third-order valence-electron chi connectivity index (χ3n) is 4.03. The van der Waals surface area contributed by atoms with Crippen LogP contribution >= 0.6 is 11.6 Å². The Labute approximate surface area is 177 Å². The number of benzene rings is 3. The SMILES string of the molecule is Cc1ccc(NS(=O)(=O)c2ccc(F)cc2Cl)cc1S(=O)(=O)Nc1ccccc1F. The number of hydrogen-bond donors (Lipinski definition) is 2. The number of aryl methyl sites for hydroxylation is 1. The van der Waals surface area contributed by atoms with Gasteiger partial charge in [0.25, 0.3) is 20.0 Å². The van der Waals surface area contributed by atoms with Gasteiger partial charge in [-0.25, -0.2) is 25.6 Å². The molecular weight excluding hydrogens is 458 g/mol. The number of nitrogens with one attached hydrogen (secondary N) is 2. The molecule has 2 N–H and O–H groups in total. The lowest BCUT2D eigenvalue weighted by atomic mass is 10.2. The minimum absolute atomic E-state index is 0.0742. The van der Waals surface area contributed by atoms with E-state index in [9.17, 15) is 25.6 Å². The summed E-state index contributed by atoms with van der Waals surface area (Å²) >= 11 is 5.81. The number of halogens is 3. The molecule has 3 rings (SSSR count). The average Bonchev–Trinajstić information content (AvgIpc) is 2.64. The van der Waals surface area contributed by atoms with E-state index in [0.29, 0.717) is 5.56 Å². The Bertz CT molecular complexity index is 1330. The van der Waals surface area contributed by atoms with Crippen LogP contribution in [0, 0.1) is 18.6 Å². The highest BCUT2D eigenvalue weighted by atomic mass is 35.5. The Hall–Kier alpha value is -2.69. The molecule has 0 bridgehead atoms. The predicted molar refractivity (Wildman–Crippen MR) is 111 cm³/mol. The van der Waals surface area contributed by atoms with E-state index in [0.717, 1.165) is 30.3 Å². The molecule has 11 heteroatoms. The molecule has 0 fully saturated rings. The third kappa shape index (κ3) is 4.72. The van der Waals surface area contributed by atoms with Crippen molar-refractivity contribution in [1.29, 1.82) is 0 Å². The third-order valence-corrected chi connectivity index (χ3v) is 7.40. The van der Waals surface area contributed by atoms with Crippen molar-refractivity contribution in [3.8, 4) is 0 Å². The lowest BCUT2D eigenvalue weighted by molar-refractivity contribution is 0.596. The monoisotopic (exact) mass is 472 g/mol. The van der Waals surface area contributed by atoms with Gasteiger partial charge in [0.1, 0.15) is 16.5 Å². The van der Waals surface area contributed by atoms with Gasteiger partial charge in [-0.1, -0.05) is 29.8 Å². The maximum Gasteiger partial charge on any atom is 0.263 e. The normalized spacial score (nSPS) is 11.9. The summed E-state index contributed by atoms with van der Waals surface area (Å²) in [6.07, 6.45) is 0. The minimum Gasteiger partial charge on any atom is -0.280 e. The first kappa shape index (κ1) is 22.0. The zero-order chi connectivity index (χ0) is 22.1. The predicted octanol–water partition coefficient (Wildman–Crippen LogP) is 4.53. The van der Waals surface area contributed by atoms with Gasteiger partial charge in [-0.05, 0) is 55.0 Å². The molecule has 0 saturated heterocycles. The molecule has 0 aliphatic heterocycles. The van der Waals surface area contributed by atoms with Crippen molar-refractivity contribution in [1.82, 2.24) is 0 Å². The van der Waals surface area contributed by atoms with E-state index < -0.39 is 31.7 Å². The summed E-state index contributed by atoms with van der Waals surface area (Å²) in [6.45, 7) is 1.50. The second-order valence-corrected chi connectivity index (χ2v) is 9.95. The summed E-state index contributed by atoms with van der Waals surface area (Å²) < 4.78 is 82.0. The second kappa shape index (κ2) is 8.21. The summed E-state index contributed by atoms with van der Waals surface area (Å²) in [7, 11) is -8.45. The van der Waals surface area contributed by atoms with Crippen molar-refractivity contribution in [3.05, 3.63) is 82.9 Å². The molecule has 158 valence electrons. The fourth-order valence-corrected chi connectivity index (χ4v) is 5.52. The van der Waals surface area contributed by atoms with Gasteiger partial charge in [0.05, 0.1) is 21.3 Å². The molecule has 0 unspecified atom stereocenters. The molecule has 0 heterocycles. The summed E-state index contributed by atoms with van der Waals surface area (Å²) in [4.78, 5) is -0.629. The van der Waals surface area contributed by atoms with Crippen LogP contribution in [0.4, 0.5) is 20.2 Å². The topological polar surface area (TPSA) is 92.3 Å². The highest BCUT2D eigenvalue weighted by Crippen LogP contribution is 2.28. The van der Waals surface area contributed by atoms with Crippen LogP contribution in [0.5, 0.6) is 0 Å². The van der Waals surface area contributed by atoms with Crippen molar-refractivity contribution >= 4 is 43.0 Å². The molecule has 0 aliphatic carbocycles. The Morgan fingerprint density at radius 2 is 1.47 bits per heavy atom. The summed E-state index contributed by atoms with van der Waals surface area (Å²) in [5, 5.41) is -0.330. The first-order chi connectivity index (χ1) is 14.0. The first-order valence-electron chi connectivity index (χ1n) is 8.35. The second-order valence-electron chi connectivity index (χ2n) is 6.25. The van der Waals surface area contributed by atoms with E-state index in [1.807, 2.05) is 0 Å². The fraction of sp³-hybridized carbons (Fsp3) is 0.0526. The quantitative estimate of drug-likeness (QED) is 0.551. The van der Waals surface area contributed by atoms with E-state index >= 15 is 0 Å². The zero-order valence-corrected chi connectivity index (χ0v) is 17.7. The molecular formula is C19H15ClF2N2O4S2. The molecule has 0 atom stereocenters. The molecule has 0 aromatic heterocycles. The van der Waals surface area contributed by atoms with Crippen molar-refractivity contribution < 1.29 is 25.6 Å². The number of sulfonamides is 2. The molecule has 0 radical (unpaired) electrons. The molecule has 3 aromatic carbocycles. The van der Waals surface area contributed by atoms with E-state index in [1.165, 1.54) is 37.3 Å². The van der Waals surface area contributed by atoms with Crippen LogP contribution in [-0.4, -0.2) is 16.8 Å². The fourth-order valence-electron chi connectivity index (χ4n) is 2.60. The molecule has 3 aromatic rings. The smallest absolute Gasteiger partial charge is 0.263 e. The van der Waals surface area contributed by atoms with Crippen molar-refractivity contribution in [2.75, 3.05) is 9.44 Å². The van der Waals surface area contributed by atoms with Crippen LogP contribution < -0.4 is 9.44 Å². The maximum atomic E-state index is 13.8. The summed E-state index contributed by atoms with van der Waals surface area (Å²) in [5.41, 5.74) is -0.0162. The van der Waals surface area contributed by atoms with E-state index in [1.54, 1.807) is 0 Å². The van der Waals surface area contributed by atoms with Crippen molar-refractivity contribution in [2.24, 2.45) is 0 Å². The number of hydrogen-bond acceptors (Lipinski definition) is 4. The number of para-hydroxylation sites is 1. The van der Waals surface area contributed by atoms with Crippen LogP contribution in [-0.2, 0) is 20.0 Å². The Morgan fingerprint density at radius 3 is 2.13 bits per heavy atom. The van der Waals surface area contributed by atoms with Gasteiger partial charge in [-0.3, -0.25) is 9.44 Å². The van der Waals surface area contributed by atoms with E-state index in [4.69, 9.17) is 11.6 Å². The van der Waals surface area contributed by atoms with Gasteiger partial charge in [0.15, 0.2) is 0 Å². The zero-order valence-electron chi connectivity index (χ0n) is 15.4. The lowest BCUT2D eigenvalue weighted by Crippen LogP contribution is -2.17. The standard InChI is InChI=1S/C19H15ClF2N2O4S2/c1-12-6-8-14(23-29(25,26)18-9-7-13(21)10-15(18)20)11-19(12)30(27,28)24-17-5-3-2-4-16(17)22/h2-11,23-24H,1H3. The van der Waals surface area contributed by atoms with Crippen LogP contribution in [0.15, 0.2) is 70.5 Å². The molecule has 6 nitrogen and oxygen atoms in total. The molecule has 0 saturated carbocycles. The molecule has 0 aliphatic rings. The molecule has 30 heavy (non-hydrogen) atoms.